The Morgan fingerprint density at radius 3 is 2.21 bits per heavy atom. The van der Waals surface area contributed by atoms with Crippen LogP contribution in [0.15, 0.2) is 16.6 Å². The zero-order chi connectivity index (χ0) is 10.7. The molecular weight excluding hydrogens is 246 g/mol. The van der Waals surface area contributed by atoms with Crippen molar-refractivity contribution < 1.29 is 9.47 Å². The van der Waals surface area contributed by atoms with Gasteiger partial charge in [0.05, 0.1) is 18.7 Å². The van der Waals surface area contributed by atoms with Crippen molar-refractivity contribution in [2.45, 2.75) is 13.0 Å². The van der Waals surface area contributed by atoms with Crippen molar-refractivity contribution >= 4 is 15.9 Å². The topological polar surface area (TPSA) is 44.5 Å². The predicted molar refractivity (Wildman–Crippen MR) is 59.8 cm³/mol. The number of methoxy groups -OCH3 is 2. The molecule has 1 aromatic rings. The molecule has 0 aromatic heterocycles. The Balaban J connectivity index is 3.25. The second-order valence-electron chi connectivity index (χ2n) is 3.02. The highest BCUT2D eigenvalue weighted by molar-refractivity contribution is 9.10. The van der Waals surface area contributed by atoms with Crippen molar-refractivity contribution in [3.8, 4) is 11.5 Å². The number of ether oxygens (including phenoxy) is 2. The SMILES string of the molecule is COc1cc([C@@H](C)N)c(OC)cc1Br. The highest BCUT2D eigenvalue weighted by atomic mass is 79.9. The van der Waals surface area contributed by atoms with Gasteiger partial charge in [0.1, 0.15) is 11.5 Å². The standard InChI is InChI=1S/C10H14BrNO2/c1-6(12)7-4-10(14-3)8(11)5-9(7)13-2/h4-6H,12H2,1-3H3/t6-/m1/s1. The predicted octanol–water partition coefficient (Wildman–Crippen LogP) is 2.49. The summed E-state index contributed by atoms with van der Waals surface area (Å²) in [5.74, 6) is 1.53. The average Bonchev–Trinajstić information content (AvgIpc) is 2.16. The Bertz CT molecular complexity index is 326. The van der Waals surface area contributed by atoms with Crippen molar-refractivity contribution in [1.82, 2.24) is 0 Å². The molecule has 0 spiro atoms. The van der Waals surface area contributed by atoms with Crippen LogP contribution in [0, 0.1) is 0 Å². The molecule has 0 saturated heterocycles. The fourth-order valence-electron chi connectivity index (χ4n) is 1.24. The maximum absolute atomic E-state index is 5.81. The van der Waals surface area contributed by atoms with Crippen molar-refractivity contribution in [3.63, 3.8) is 0 Å². The first-order valence-electron chi connectivity index (χ1n) is 4.27. The van der Waals surface area contributed by atoms with Gasteiger partial charge in [0.15, 0.2) is 0 Å². The molecule has 0 heterocycles. The van der Waals surface area contributed by atoms with Crippen LogP contribution in [-0.2, 0) is 0 Å². The van der Waals surface area contributed by atoms with E-state index in [0.29, 0.717) is 0 Å². The summed E-state index contributed by atoms with van der Waals surface area (Å²) in [5, 5.41) is 0. The van der Waals surface area contributed by atoms with Crippen LogP contribution in [0.3, 0.4) is 0 Å². The van der Waals surface area contributed by atoms with Crippen molar-refractivity contribution in [2.24, 2.45) is 5.73 Å². The molecule has 0 aliphatic carbocycles. The van der Waals surface area contributed by atoms with E-state index in [0.717, 1.165) is 21.5 Å². The fourth-order valence-corrected chi connectivity index (χ4v) is 1.72. The van der Waals surface area contributed by atoms with Gasteiger partial charge in [-0.25, -0.2) is 0 Å². The summed E-state index contributed by atoms with van der Waals surface area (Å²) in [6.07, 6.45) is 0. The molecule has 14 heavy (non-hydrogen) atoms. The number of rotatable bonds is 3. The average molecular weight is 260 g/mol. The molecule has 0 unspecified atom stereocenters. The molecular formula is C10H14BrNO2. The summed E-state index contributed by atoms with van der Waals surface area (Å²) in [6.45, 7) is 1.91. The minimum atomic E-state index is -0.0769. The van der Waals surface area contributed by atoms with Gasteiger partial charge < -0.3 is 15.2 Å². The summed E-state index contributed by atoms with van der Waals surface area (Å²) < 4.78 is 11.3. The lowest BCUT2D eigenvalue weighted by atomic mass is 10.1. The van der Waals surface area contributed by atoms with Crippen molar-refractivity contribution in [1.29, 1.82) is 0 Å². The Labute approximate surface area is 92.3 Å². The number of hydrogen-bond acceptors (Lipinski definition) is 3. The van der Waals surface area contributed by atoms with Gasteiger partial charge in [0.25, 0.3) is 0 Å². The van der Waals surface area contributed by atoms with E-state index in [-0.39, 0.29) is 6.04 Å². The van der Waals surface area contributed by atoms with E-state index in [1.165, 1.54) is 0 Å². The van der Waals surface area contributed by atoms with Crippen molar-refractivity contribution in [3.05, 3.63) is 22.2 Å². The van der Waals surface area contributed by atoms with Crippen LogP contribution in [0.4, 0.5) is 0 Å². The van der Waals surface area contributed by atoms with Gasteiger partial charge in [0, 0.05) is 11.6 Å². The molecule has 4 heteroatoms. The molecule has 78 valence electrons. The Morgan fingerprint density at radius 1 is 1.21 bits per heavy atom. The van der Waals surface area contributed by atoms with Gasteiger partial charge in [-0.15, -0.1) is 0 Å². The van der Waals surface area contributed by atoms with Crippen LogP contribution in [0.25, 0.3) is 0 Å². The number of halogens is 1. The zero-order valence-corrected chi connectivity index (χ0v) is 10.1. The van der Waals surface area contributed by atoms with Gasteiger partial charge in [-0.05, 0) is 35.0 Å². The molecule has 1 rings (SSSR count). The molecule has 0 radical (unpaired) electrons. The summed E-state index contributed by atoms with van der Waals surface area (Å²) in [4.78, 5) is 0. The van der Waals surface area contributed by atoms with Crippen LogP contribution in [0.5, 0.6) is 11.5 Å². The molecule has 0 bridgehead atoms. The van der Waals surface area contributed by atoms with Crippen LogP contribution in [0.1, 0.15) is 18.5 Å². The summed E-state index contributed by atoms with van der Waals surface area (Å²) in [6, 6.07) is 3.66. The Morgan fingerprint density at radius 2 is 1.79 bits per heavy atom. The first-order chi connectivity index (χ1) is 6.60. The van der Waals surface area contributed by atoms with E-state index in [9.17, 15) is 0 Å². The monoisotopic (exact) mass is 259 g/mol. The largest absolute Gasteiger partial charge is 0.496 e. The summed E-state index contributed by atoms with van der Waals surface area (Å²) in [5.41, 5.74) is 6.75. The Hall–Kier alpha value is -0.740. The number of nitrogens with two attached hydrogens (primary N) is 1. The van der Waals surface area contributed by atoms with E-state index in [2.05, 4.69) is 15.9 Å². The van der Waals surface area contributed by atoms with Crippen LogP contribution >= 0.6 is 15.9 Å². The molecule has 0 fully saturated rings. The lowest BCUT2D eigenvalue weighted by Crippen LogP contribution is -2.07. The fraction of sp³-hybridized carbons (Fsp3) is 0.400. The smallest absolute Gasteiger partial charge is 0.133 e. The Kier molecular flexibility index (Phi) is 3.77. The molecule has 1 aromatic carbocycles. The first-order valence-corrected chi connectivity index (χ1v) is 5.06. The van der Waals surface area contributed by atoms with Gasteiger partial charge in [-0.2, -0.15) is 0 Å². The molecule has 0 aliphatic heterocycles. The second kappa shape index (κ2) is 4.66. The van der Waals surface area contributed by atoms with E-state index in [4.69, 9.17) is 15.2 Å². The maximum Gasteiger partial charge on any atom is 0.133 e. The first kappa shape index (κ1) is 11.3. The number of hydrogen-bond donors (Lipinski definition) is 1. The van der Waals surface area contributed by atoms with Gasteiger partial charge in [-0.1, -0.05) is 0 Å². The van der Waals surface area contributed by atoms with E-state index < -0.39 is 0 Å². The van der Waals surface area contributed by atoms with Crippen LogP contribution in [0.2, 0.25) is 0 Å². The third-order valence-corrected chi connectivity index (χ3v) is 2.61. The lowest BCUT2D eigenvalue weighted by Gasteiger charge is -2.14. The van der Waals surface area contributed by atoms with Crippen LogP contribution in [-0.4, -0.2) is 14.2 Å². The summed E-state index contributed by atoms with van der Waals surface area (Å²) in [7, 11) is 3.25. The highest BCUT2D eigenvalue weighted by Gasteiger charge is 2.12. The molecule has 3 nitrogen and oxygen atoms in total. The quantitative estimate of drug-likeness (QED) is 0.908. The normalized spacial score (nSPS) is 12.4. The van der Waals surface area contributed by atoms with Gasteiger partial charge in [-0.3, -0.25) is 0 Å². The minimum Gasteiger partial charge on any atom is -0.496 e. The molecule has 0 saturated carbocycles. The summed E-state index contributed by atoms with van der Waals surface area (Å²) >= 11 is 3.39. The van der Waals surface area contributed by atoms with Crippen molar-refractivity contribution in [2.75, 3.05) is 14.2 Å². The van der Waals surface area contributed by atoms with E-state index in [1.54, 1.807) is 14.2 Å². The van der Waals surface area contributed by atoms with E-state index in [1.807, 2.05) is 19.1 Å². The third-order valence-electron chi connectivity index (χ3n) is 1.99. The van der Waals surface area contributed by atoms with Gasteiger partial charge >= 0.3 is 0 Å². The maximum atomic E-state index is 5.81. The van der Waals surface area contributed by atoms with E-state index >= 15 is 0 Å². The molecule has 2 N–H and O–H groups in total. The minimum absolute atomic E-state index is 0.0769. The highest BCUT2D eigenvalue weighted by Crippen LogP contribution is 2.34. The molecule has 0 aliphatic rings. The second-order valence-corrected chi connectivity index (χ2v) is 3.87. The zero-order valence-electron chi connectivity index (χ0n) is 8.50. The third kappa shape index (κ3) is 2.19. The molecule has 0 amide bonds. The van der Waals surface area contributed by atoms with Gasteiger partial charge in [0.2, 0.25) is 0 Å². The van der Waals surface area contributed by atoms with Crippen LogP contribution < -0.4 is 15.2 Å². The molecule has 1 atom stereocenters. The number of benzene rings is 1. The lowest BCUT2D eigenvalue weighted by molar-refractivity contribution is 0.394.